The number of aromatic nitrogens is 1. The third-order valence-electron chi connectivity index (χ3n) is 4.50. The molecule has 0 radical (unpaired) electrons. The van der Waals surface area contributed by atoms with Gasteiger partial charge in [0.05, 0.1) is 23.8 Å². The van der Waals surface area contributed by atoms with Gasteiger partial charge in [-0.1, -0.05) is 12.1 Å². The van der Waals surface area contributed by atoms with Crippen molar-refractivity contribution in [2.75, 3.05) is 19.7 Å². The molecule has 5 nitrogen and oxygen atoms in total. The second-order valence-electron chi connectivity index (χ2n) is 6.33. The van der Waals surface area contributed by atoms with Crippen LogP contribution < -0.4 is 0 Å². The van der Waals surface area contributed by atoms with Crippen LogP contribution in [0.2, 0.25) is 0 Å². The first-order valence-corrected chi connectivity index (χ1v) is 8.68. The number of oxazole rings is 1. The van der Waals surface area contributed by atoms with Crippen LogP contribution in [0.3, 0.4) is 0 Å². The Hall–Kier alpha value is -2.21. The maximum absolute atomic E-state index is 13.9. The summed E-state index contributed by atoms with van der Waals surface area (Å²) in [6.45, 7) is 6.20. The number of piperidine rings is 1. The number of rotatable bonds is 5. The minimum atomic E-state index is -0.351. The number of carbonyl (C=O) groups excluding carboxylic acids is 1. The molecule has 0 saturated carbocycles. The van der Waals surface area contributed by atoms with Crippen LogP contribution in [0.15, 0.2) is 28.7 Å². The standard InChI is InChI=1S/C19H23FN2O3/c1-3-24-19(23)14-7-6-10-22(11-14)12-17-13(2)25-18(21-17)15-8-4-5-9-16(15)20/h4-5,8-9,14H,3,6-7,10-12H2,1-2H3/t14-/m1/s1. The summed E-state index contributed by atoms with van der Waals surface area (Å²) in [5.74, 6) is 0.403. The number of halogens is 1. The van der Waals surface area contributed by atoms with Gasteiger partial charge in [-0.15, -0.1) is 0 Å². The number of hydrogen-bond acceptors (Lipinski definition) is 5. The SMILES string of the molecule is CCOC(=O)[C@@H]1CCCN(Cc2nc(-c3ccccc3F)oc2C)C1. The molecule has 1 fully saturated rings. The molecule has 1 aliphatic rings. The zero-order valence-corrected chi connectivity index (χ0v) is 14.6. The lowest BCUT2D eigenvalue weighted by atomic mass is 9.98. The van der Waals surface area contributed by atoms with Gasteiger partial charge in [0, 0.05) is 13.1 Å². The molecule has 2 aromatic rings. The van der Waals surface area contributed by atoms with Crippen molar-refractivity contribution in [3.8, 4) is 11.5 Å². The Labute approximate surface area is 146 Å². The highest BCUT2D eigenvalue weighted by atomic mass is 19.1. The summed E-state index contributed by atoms with van der Waals surface area (Å²) >= 11 is 0. The summed E-state index contributed by atoms with van der Waals surface area (Å²) in [6.07, 6.45) is 1.80. The van der Waals surface area contributed by atoms with E-state index in [1.54, 1.807) is 18.2 Å². The number of ether oxygens (including phenoxy) is 1. The molecule has 134 valence electrons. The number of nitrogens with zero attached hydrogens (tertiary/aromatic N) is 2. The lowest BCUT2D eigenvalue weighted by Gasteiger charge is -2.30. The predicted octanol–water partition coefficient (Wildman–Crippen LogP) is 3.56. The van der Waals surface area contributed by atoms with E-state index >= 15 is 0 Å². The van der Waals surface area contributed by atoms with E-state index in [1.807, 2.05) is 13.8 Å². The van der Waals surface area contributed by atoms with Gasteiger partial charge in [0.1, 0.15) is 11.6 Å². The highest BCUT2D eigenvalue weighted by molar-refractivity contribution is 5.72. The Morgan fingerprint density at radius 1 is 1.44 bits per heavy atom. The molecule has 3 rings (SSSR count). The fourth-order valence-electron chi connectivity index (χ4n) is 3.19. The first kappa shape index (κ1) is 17.6. The van der Waals surface area contributed by atoms with Crippen LogP contribution in [0, 0.1) is 18.7 Å². The summed E-state index contributed by atoms with van der Waals surface area (Å²) < 4.78 is 24.7. The van der Waals surface area contributed by atoms with Gasteiger partial charge in [-0.3, -0.25) is 9.69 Å². The van der Waals surface area contributed by atoms with Gasteiger partial charge in [0.25, 0.3) is 0 Å². The fourth-order valence-corrected chi connectivity index (χ4v) is 3.19. The van der Waals surface area contributed by atoms with Crippen LogP contribution >= 0.6 is 0 Å². The lowest BCUT2D eigenvalue weighted by molar-refractivity contribution is -0.150. The van der Waals surface area contributed by atoms with Gasteiger partial charge in [0.15, 0.2) is 0 Å². The van der Waals surface area contributed by atoms with E-state index in [4.69, 9.17) is 9.15 Å². The van der Waals surface area contributed by atoms with Crippen molar-refractivity contribution in [2.45, 2.75) is 33.2 Å². The Bertz CT molecular complexity index is 744. The normalized spacial score (nSPS) is 18.3. The van der Waals surface area contributed by atoms with E-state index in [1.165, 1.54) is 6.07 Å². The monoisotopic (exact) mass is 346 g/mol. The summed E-state index contributed by atoms with van der Waals surface area (Å²) in [5, 5.41) is 0. The van der Waals surface area contributed by atoms with Crippen LogP contribution in [0.25, 0.3) is 11.5 Å². The average molecular weight is 346 g/mol. The third kappa shape index (κ3) is 4.07. The summed E-state index contributed by atoms with van der Waals surface area (Å²) in [6, 6.07) is 6.44. The number of aryl methyl sites for hydroxylation is 1. The molecular formula is C19H23FN2O3. The molecule has 1 atom stereocenters. The van der Waals surface area contributed by atoms with Crippen molar-refractivity contribution in [3.05, 3.63) is 41.5 Å². The summed E-state index contributed by atoms with van der Waals surface area (Å²) in [7, 11) is 0. The number of benzene rings is 1. The number of likely N-dealkylation sites (tertiary alicyclic amines) is 1. The van der Waals surface area contributed by atoms with E-state index in [0.717, 1.165) is 25.1 Å². The van der Waals surface area contributed by atoms with Crippen molar-refractivity contribution in [1.82, 2.24) is 9.88 Å². The van der Waals surface area contributed by atoms with E-state index in [0.29, 0.717) is 36.9 Å². The van der Waals surface area contributed by atoms with E-state index in [-0.39, 0.29) is 17.7 Å². The minimum absolute atomic E-state index is 0.0908. The third-order valence-corrected chi connectivity index (χ3v) is 4.50. The molecule has 1 aromatic heterocycles. The minimum Gasteiger partial charge on any atom is -0.466 e. The highest BCUT2D eigenvalue weighted by Crippen LogP contribution is 2.26. The molecule has 25 heavy (non-hydrogen) atoms. The smallest absolute Gasteiger partial charge is 0.310 e. The van der Waals surface area contributed by atoms with Crippen LogP contribution in [-0.2, 0) is 16.1 Å². The second-order valence-corrected chi connectivity index (χ2v) is 6.33. The molecule has 1 saturated heterocycles. The summed E-state index contributed by atoms with van der Waals surface area (Å²) in [4.78, 5) is 18.6. The van der Waals surface area contributed by atoms with E-state index < -0.39 is 0 Å². The number of carbonyl (C=O) groups is 1. The Morgan fingerprint density at radius 2 is 2.24 bits per heavy atom. The van der Waals surface area contributed by atoms with Gasteiger partial charge < -0.3 is 9.15 Å². The highest BCUT2D eigenvalue weighted by Gasteiger charge is 2.28. The Kier molecular flexibility index (Phi) is 5.48. The van der Waals surface area contributed by atoms with Crippen molar-refractivity contribution in [2.24, 2.45) is 5.92 Å². The van der Waals surface area contributed by atoms with Crippen LogP contribution in [0.5, 0.6) is 0 Å². The van der Waals surface area contributed by atoms with Gasteiger partial charge in [-0.25, -0.2) is 9.37 Å². The molecule has 0 unspecified atom stereocenters. The molecule has 2 heterocycles. The molecule has 1 aliphatic heterocycles. The molecule has 6 heteroatoms. The van der Waals surface area contributed by atoms with E-state index in [9.17, 15) is 9.18 Å². The Balaban J connectivity index is 1.71. The van der Waals surface area contributed by atoms with E-state index in [2.05, 4.69) is 9.88 Å². The Morgan fingerprint density at radius 3 is 3.00 bits per heavy atom. The van der Waals surface area contributed by atoms with Crippen molar-refractivity contribution >= 4 is 5.97 Å². The lowest BCUT2D eigenvalue weighted by Crippen LogP contribution is -2.39. The summed E-state index contributed by atoms with van der Waals surface area (Å²) in [5.41, 5.74) is 1.14. The predicted molar refractivity (Wildman–Crippen MR) is 91.3 cm³/mol. The van der Waals surface area contributed by atoms with Gasteiger partial charge >= 0.3 is 5.97 Å². The van der Waals surface area contributed by atoms with Crippen LogP contribution in [0.1, 0.15) is 31.2 Å². The molecular weight excluding hydrogens is 323 g/mol. The number of hydrogen-bond donors (Lipinski definition) is 0. The second kappa shape index (κ2) is 7.78. The molecule has 0 spiro atoms. The zero-order valence-electron chi connectivity index (χ0n) is 14.6. The molecule has 0 amide bonds. The van der Waals surface area contributed by atoms with Gasteiger partial charge in [-0.2, -0.15) is 0 Å². The molecule has 0 N–H and O–H groups in total. The molecule has 1 aromatic carbocycles. The molecule has 0 aliphatic carbocycles. The quantitative estimate of drug-likeness (QED) is 0.775. The first-order valence-electron chi connectivity index (χ1n) is 8.68. The largest absolute Gasteiger partial charge is 0.466 e. The van der Waals surface area contributed by atoms with Crippen molar-refractivity contribution < 1.29 is 18.3 Å². The van der Waals surface area contributed by atoms with Gasteiger partial charge in [-0.05, 0) is 45.4 Å². The zero-order chi connectivity index (χ0) is 17.8. The molecule has 0 bridgehead atoms. The average Bonchev–Trinajstić information content (AvgIpc) is 2.96. The van der Waals surface area contributed by atoms with Crippen molar-refractivity contribution in [1.29, 1.82) is 0 Å². The first-order chi connectivity index (χ1) is 12.1. The van der Waals surface area contributed by atoms with Crippen molar-refractivity contribution in [3.63, 3.8) is 0 Å². The van der Waals surface area contributed by atoms with Crippen LogP contribution in [-0.4, -0.2) is 35.5 Å². The topological polar surface area (TPSA) is 55.6 Å². The number of esters is 1. The fraction of sp³-hybridized carbons (Fsp3) is 0.474. The maximum atomic E-state index is 13.9. The van der Waals surface area contributed by atoms with Gasteiger partial charge in [0.2, 0.25) is 5.89 Å². The van der Waals surface area contributed by atoms with Crippen LogP contribution in [0.4, 0.5) is 4.39 Å². The maximum Gasteiger partial charge on any atom is 0.310 e.